The molecule has 1 aliphatic rings. The number of hydrogen-bond acceptors (Lipinski definition) is 4. The van der Waals surface area contributed by atoms with E-state index in [2.05, 4.69) is 34.7 Å². The van der Waals surface area contributed by atoms with Gasteiger partial charge in [-0.3, -0.25) is 9.88 Å². The van der Waals surface area contributed by atoms with E-state index in [-0.39, 0.29) is 0 Å². The SMILES string of the molecule is CC[C@@H](O)c1ccc(N2CCC(N(CC)CC)C2)cn1. The molecular weight excluding hydrogens is 250 g/mol. The van der Waals surface area contributed by atoms with Gasteiger partial charge in [-0.2, -0.15) is 0 Å². The Balaban J connectivity index is 1.99. The van der Waals surface area contributed by atoms with Crippen molar-refractivity contribution < 1.29 is 5.11 Å². The van der Waals surface area contributed by atoms with Crippen molar-refractivity contribution in [1.82, 2.24) is 9.88 Å². The van der Waals surface area contributed by atoms with Gasteiger partial charge >= 0.3 is 0 Å². The first-order valence-corrected chi connectivity index (χ1v) is 7.82. The Hall–Kier alpha value is -1.13. The van der Waals surface area contributed by atoms with Crippen LogP contribution in [0.5, 0.6) is 0 Å². The van der Waals surface area contributed by atoms with Crippen LogP contribution >= 0.6 is 0 Å². The van der Waals surface area contributed by atoms with E-state index in [4.69, 9.17) is 0 Å². The molecule has 1 aliphatic heterocycles. The molecule has 20 heavy (non-hydrogen) atoms. The van der Waals surface area contributed by atoms with Gasteiger partial charge in [0.15, 0.2) is 0 Å². The molecule has 0 radical (unpaired) electrons. The van der Waals surface area contributed by atoms with Gasteiger partial charge in [0.25, 0.3) is 0 Å². The summed E-state index contributed by atoms with van der Waals surface area (Å²) in [4.78, 5) is 9.33. The maximum Gasteiger partial charge on any atom is 0.0957 e. The van der Waals surface area contributed by atoms with Crippen molar-refractivity contribution in [2.24, 2.45) is 0 Å². The molecule has 1 aromatic rings. The van der Waals surface area contributed by atoms with Crippen LogP contribution in [0, 0.1) is 0 Å². The Kier molecular flexibility index (Phi) is 5.38. The molecule has 4 nitrogen and oxygen atoms in total. The zero-order chi connectivity index (χ0) is 14.5. The van der Waals surface area contributed by atoms with E-state index in [0.717, 1.165) is 31.9 Å². The van der Waals surface area contributed by atoms with Crippen LogP contribution in [-0.4, -0.2) is 47.2 Å². The maximum absolute atomic E-state index is 9.78. The van der Waals surface area contributed by atoms with Gasteiger partial charge in [0, 0.05) is 19.1 Å². The average molecular weight is 277 g/mol. The van der Waals surface area contributed by atoms with Crippen LogP contribution in [0.2, 0.25) is 0 Å². The fourth-order valence-corrected chi connectivity index (χ4v) is 3.01. The lowest BCUT2D eigenvalue weighted by atomic mass is 10.2. The lowest BCUT2D eigenvalue weighted by molar-refractivity contribution is 0.169. The predicted molar refractivity (Wildman–Crippen MR) is 83.0 cm³/mol. The van der Waals surface area contributed by atoms with Gasteiger partial charge < -0.3 is 10.0 Å². The highest BCUT2D eigenvalue weighted by atomic mass is 16.3. The predicted octanol–water partition coefficient (Wildman–Crippen LogP) is 2.45. The Bertz CT molecular complexity index is 403. The number of pyridine rings is 1. The quantitative estimate of drug-likeness (QED) is 0.867. The van der Waals surface area contributed by atoms with Crippen LogP contribution in [0.25, 0.3) is 0 Å². The van der Waals surface area contributed by atoms with Crippen LogP contribution in [0.3, 0.4) is 0 Å². The van der Waals surface area contributed by atoms with E-state index >= 15 is 0 Å². The van der Waals surface area contributed by atoms with Crippen molar-refractivity contribution in [2.75, 3.05) is 31.1 Å². The molecule has 2 rings (SSSR count). The third-order valence-electron chi connectivity index (χ3n) is 4.36. The fraction of sp³-hybridized carbons (Fsp3) is 0.688. The highest BCUT2D eigenvalue weighted by molar-refractivity contribution is 5.46. The second-order valence-electron chi connectivity index (χ2n) is 5.48. The molecule has 1 aromatic heterocycles. The van der Waals surface area contributed by atoms with Crippen molar-refractivity contribution in [2.45, 2.75) is 45.8 Å². The molecule has 1 unspecified atom stereocenters. The smallest absolute Gasteiger partial charge is 0.0957 e. The van der Waals surface area contributed by atoms with Gasteiger partial charge in [-0.25, -0.2) is 0 Å². The number of anilines is 1. The number of likely N-dealkylation sites (N-methyl/N-ethyl adjacent to an activating group) is 1. The Labute approximate surface area is 122 Å². The summed E-state index contributed by atoms with van der Waals surface area (Å²) < 4.78 is 0. The molecule has 1 N–H and O–H groups in total. The van der Waals surface area contributed by atoms with E-state index in [1.54, 1.807) is 0 Å². The zero-order valence-corrected chi connectivity index (χ0v) is 12.9. The van der Waals surface area contributed by atoms with Gasteiger partial charge in [0.2, 0.25) is 0 Å². The first-order valence-electron chi connectivity index (χ1n) is 7.82. The minimum absolute atomic E-state index is 0.439. The number of aliphatic hydroxyl groups excluding tert-OH is 1. The molecule has 2 heterocycles. The average Bonchev–Trinajstić information content (AvgIpc) is 2.97. The molecule has 2 atom stereocenters. The normalized spacial score (nSPS) is 20.6. The van der Waals surface area contributed by atoms with E-state index in [9.17, 15) is 5.11 Å². The largest absolute Gasteiger partial charge is 0.387 e. The lowest BCUT2D eigenvalue weighted by Gasteiger charge is -2.26. The van der Waals surface area contributed by atoms with Crippen molar-refractivity contribution in [3.8, 4) is 0 Å². The molecule has 0 spiro atoms. The lowest BCUT2D eigenvalue weighted by Crippen LogP contribution is -2.37. The molecule has 4 heteroatoms. The minimum atomic E-state index is -0.439. The standard InChI is InChI=1S/C16H27N3O/c1-4-16(20)15-8-7-13(11-17-15)19-10-9-14(12-19)18(5-2)6-3/h7-8,11,14,16,20H,4-6,9-10,12H2,1-3H3/t14?,16-/m1/s1. The number of aromatic nitrogens is 1. The highest BCUT2D eigenvalue weighted by Crippen LogP contribution is 2.24. The number of rotatable bonds is 6. The molecule has 112 valence electrons. The number of hydrogen-bond donors (Lipinski definition) is 1. The third-order valence-corrected chi connectivity index (χ3v) is 4.36. The van der Waals surface area contributed by atoms with Crippen molar-refractivity contribution in [3.63, 3.8) is 0 Å². The first kappa shape index (κ1) is 15.3. The number of aliphatic hydroxyl groups is 1. The van der Waals surface area contributed by atoms with Gasteiger partial charge in [-0.15, -0.1) is 0 Å². The van der Waals surface area contributed by atoms with Crippen molar-refractivity contribution in [1.29, 1.82) is 0 Å². The Morgan fingerprint density at radius 1 is 1.35 bits per heavy atom. The second kappa shape index (κ2) is 7.04. The molecular formula is C16H27N3O. The fourth-order valence-electron chi connectivity index (χ4n) is 3.01. The van der Waals surface area contributed by atoms with Crippen LogP contribution in [0.15, 0.2) is 18.3 Å². The van der Waals surface area contributed by atoms with Crippen LogP contribution in [0.4, 0.5) is 5.69 Å². The number of nitrogens with zero attached hydrogens (tertiary/aromatic N) is 3. The van der Waals surface area contributed by atoms with Crippen molar-refractivity contribution in [3.05, 3.63) is 24.0 Å². The summed E-state index contributed by atoms with van der Waals surface area (Å²) in [6, 6.07) is 4.70. The summed E-state index contributed by atoms with van der Waals surface area (Å²) in [5, 5.41) is 9.78. The third kappa shape index (κ3) is 3.30. The zero-order valence-electron chi connectivity index (χ0n) is 12.9. The van der Waals surface area contributed by atoms with Gasteiger partial charge in [-0.05, 0) is 38.1 Å². The van der Waals surface area contributed by atoms with E-state index in [1.807, 2.05) is 19.2 Å². The van der Waals surface area contributed by atoms with E-state index in [0.29, 0.717) is 12.5 Å². The molecule has 0 amide bonds. The van der Waals surface area contributed by atoms with Gasteiger partial charge in [0.1, 0.15) is 0 Å². The topological polar surface area (TPSA) is 39.6 Å². The molecule has 1 fully saturated rings. The molecule has 0 saturated carbocycles. The maximum atomic E-state index is 9.78. The van der Waals surface area contributed by atoms with Gasteiger partial charge in [-0.1, -0.05) is 20.8 Å². The summed E-state index contributed by atoms with van der Waals surface area (Å²) >= 11 is 0. The van der Waals surface area contributed by atoms with Crippen molar-refractivity contribution >= 4 is 5.69 Å². The Morgan fingerprint density at radius 3 is 2.65 bits per heavy atom. The van der Waals surface area contributed by atoms with Gasteiger partial charge in [0.05, 0.1) is 23.7 Å². The van der Waals surface area contributed by atoms with Crippen LogP contribution in [0.1, 0.15) is 45.4 Å². The summed E-state index contributed by atoms with van der Waals surface area (Å²) in [6.07, 6.45) is 3.39. The second-order valence-corrected chi connectivity index (χ2v) is 5.48. The molecule has 0 aliphatic carbocycles. The summed E-state index contributed by atoms with van der Waals surface area (Å²) in [5.74, 6) is 0. The minimum Gasteiger partial charge on any atom is -0.387 e. The van der Waals surface area contributed by atoms with E-state index in [1.165, 1.54) is 12.1 Å². The summed E-state index contributed by atoms with van der Waals surface area (Å²) in [7, 11) is 0. The van der Waals surface area contributed by atoms with E-state index < -0.39 is 6.10 Å². The highest BCUT2D eigenvalue weighted by Gasteiger charge is 2.26. The van der Waals surface area contributed by atoms with Crippen LogP contribution < -0.4 is 4.90 Å². The molecule has 0 bridgehead atoms. The summed E-state index contributed by atoms with van der Waals surface area (Å²) in [6.45, 7) is 10.8. The Morgan fingerprint density at radius 2 is 2.10 bits per heavy atom. The van der Waals surface area contributed by atoms with Crippen LogP contribution in [-0.2, 0) is 0 Å². The molecule has 1 saturated heterocycles. The summed E-state index contributed by atoms with van der Waals surface area (Å²) in [5.41, 5.74) is 1.95. The molecule has 0 aromatic carbocycles. The monoisotopic (exact) mass is 277 g/mol. The first-order chi connectivity index (χ1) is 9.69.